The second-order valence-corrected chi connectivity index (χ2v) is 8.25. The van der Waals surface area contributed by atoms with Crippen molar-refractivity contribution in [2.24, 2.45) is 0 Å². The van der Waals surface area contributed by atoms with E-state index in [2.05, 4.69) is 48.4 Å². The molecule has 0 radical (unpaired) electrons. The first kappa shape index (κ1) is 25.4. The van der Waals surface area contributed by atoms with E-state index < -0.39 is 0 Å². The minimum Gasteiger partial charge on any atom is -0.497 e. The summed E-state index contributed by atoms with van der Waals surface area (Å²) in [5.41, 5.74) is 3.70. The Morgan fingerprint density at radius 1 is 1.12 bits per heavy atom. The lowest BCUT2D eigenvalue weighted by molar-refractivity contribution is -0.117. The summed E-state index contributed by atoms with van der Waals surface area (Å²) in [5.74, 6) is 0.818. The zero-order valence-electron chi connectivity index (χ0n) is 19.8. The molecule has 0 unspecified atom stereocenters. The highest BCUT2D eigenvalue weighted by molar-refractivity contribution is 5.88. The van der Waals surface area contributed by atoms with Crippen LogP contribution in [0.5, 0.6) is 5.75 Å². The Morgan fingerprint density at radius 2 is 1.94 bits per heavy atom. The molecule has 1 aromatic carbocycles. The van der Waals surface area contributed by atoms with Gasteiger partial charge in [-0.25, -0.2) is 0 Å². The fraction of sp³-hybridized carbons (Fsp3) is 0.429. The average Bonchev–Trinajstić information content (AvgIpc) is 2.81. The largest absolute Gasteiger partial charge is 0.497 e. The third kappa shape index (κ3) is 9.95. The van der Waals surface area contributed by atoms with Crippen LogP contribution in [0.1, 0.15) is 69.9 Å². The van der Waals surface area contributed by atoms with Crippen molar-refractivity contribution in [2.45, 2.75) is 71.3 Å². The normalized spacial score (nSPS) is 12.7. The minimum atomic E-state index is -0.0336. The monoisotopic (exact) mass is 434 g/mol. The van der Waals surface area contributed by atoms with Gasteiger partial charge in [-0.05, 0) is 73.9 Å². The minimum absolute atomic E-state index is 0.0336. The number of nitrogens with zero attached hydrogens (tertiary/aromatic N) is 1. The standard InChI is InChI=1S/C28H38N2O2/c1-4-5-14-25(26-17-19-27(32-3)20-18-26)15-9-16-28(31)30-23(2)11-7-6-8-12-24-13-10-21-29-22-24/h9-10,13,15-23H,4-8,11-12,14H2,1-3H3,(H,30,31)/b16-9+,25-15+/t23-/m1/s1. The Balaban J connectivity index is 1.75. The van der Waals surface area contributed by atoms with Gasteiger partial charge in [-0.15, -0.1) is 0 Å². The van der Waals surface area contributed by atoms with Crippen LogP contribution in [0.15, 0.2) is 67.0 Å². The number of carbonyl (C=O) groups is 1. The van der Waals surface area contributed by atoms with Crippen LogP contribution in [0.2, 0.25) is 0 Å². The molecule has 0 spiro atoms. The number of amides is 1. The zero-order chi connectivity index (χ0) is 23.0. The van der Waals surface area contributed by atoms with E-state index in [-0.39, 0.29) is 11.9 Å². The van der Waals surface area contributed by atoms with Crippen LogP contribution in [-0.2, 0) is 11.2 Å². The van der Waals surface area contributed by atoms with Gasteiger partial charge in [0.25, 0.3) is 0 Å². The molecule has 4 nitrogen and oxygen atoms in total. The van der Waals surface area contributed by atoms with Gasteiger partial charge in [0.05, 0.1) is 7.11 Å². The smallest absolute Gasteiger partial charge is 0.244 e. The third-order valence-corrected chi connectivity index (χ3v) is 5.52. The lowest BCUT2D eigenvalue weighted by Crippen LogP contribution is -2.30. The number of carbonyl (C=O) groups excluding carboxylic acids is 1. The van der Waals surface area contributed by atoms with Gasteiger partial charge in [0, 0.05) is 24.5 Å². The van der Waals surface area contributed by atoms with Crippen LogP contribution in [0.3, 0.4) is 0 Å². The molecule has 4 heteroatoms. The Bertz CT molecular complexity index is 841. The number of hydrogen-bond donors (Lipinski definition) is 1. The van der Waals surface area contributed by atoms with Crippen molar-refractivity contribution in [1.82, 2.24) is 10.3 Å². The highest BCUT2D eigenvalue weighted by Gasteiger charge is 2.05. The van der Waals surface area contributed by atoms with Crippen molar-refractivity contribution in [1.29, 1.82) is 0 Å². The quantitative estimate of drug-likeness (QED) is 0.209. The van der Waals surface area contributed by atoms with Crippen molar-refractivity contribution in [3.8, 4) is 5.75 Å². The number of hydrogen-bond acceptors (Lipinski definition) is 3. The number of allylic oxidation sites excluding steroid dienone is 3. The van der Waals surface area contributed by atoms with E-state index in [9.17, 15) is 4.79 Å². The van der Waals surface area contributed by atoms with E-state index in [1.54, 1.807) is 13.2 Å². The maximum atomic E-state index is 12.3. The summed E-state index contributed by atoms with van der Waals surface area (Å²) in [4.78, 5) is 16.4. The summed E-state index contributed by atoms with van der Waals surface area (Å²) in [7, 11) is 1.67. The summed E-state index contributed by atoms with van der Waals surface area (Å²) in [6, 6.07) is 12.4. The van der Waals surface area contributed by atoms with E-state index in [0.717, 1.165) is 57.1 Å². The Labute approximate surface area is 193 Å². The maximum absolute atomic E-state index is 12.3. The van der Waals surface area contributed by atoms with E-state index >= 15 is 0 Å². The SMILES string of the molecule is CCCC/C(=C\C=C\C(=O)N[C@H](C)CCCCCc1cccnc1)c1ccc(OC)cc1. The predicted molar refractivity (Wildman–Crippen MR) is 134 cm³/mol. The molecular formula is C28H38N2O2. The molecule has 1 heterocycles. The van der Waals surface area contributed by atoms with Gasteiger partial charge in [-0.1, -0.05) is 56.5 Å². The van der Waals surface area contributed by atoms with Gasteiger partial charge in [-0.3, -0.25) is 9.78 Å². The molecule has 0 fully saturated rings. The molecule has 1 N–H and O–H groups in total. The molecule has 0 saturated carbocycles. The summed E-state index contributed by atoms with van der Waals surface area (Å²) < 4.78 is 5.25. The molecule has 0 aliphatic carbocycles. The fourth-order valence-electron chi connectivity index (χ4n) is 3.61. The molecule has 32 heavy (non-hydrogen) atoms. The summed E-state index contributed by atoms with van der Waals surface area (Å²) in [6.07, 6.45) is 18.0. The molecular weight excluding hydrogens is 396 g/mol. The van der Waals surface area contributed by atoms with Crippen molar-refractivity contribution >= 4 is 11.5 Å². The summed E-state index contributed by atoms with van der Waals surface area (Å²) in [5, 5.41) is 3.08. The topological polar surface area (TPSA) is 51.2 Å². The number of methoxy groups -OCH3 is 1. The van der Waals surface area contributed by atoms with Crippen LogP contribution < -0.4 is 10.1 Å². The van der Waals surface area contributed by atoms with Crippen LogP contribution in [0.4, 0.5) is 0 Å². The average molecular weight is 435 g/mol. The molecule has 1 atom stereocenters. The number of aryl methyl sites for hydroxylation is 1. The molecule has 0 aliphatic rings. The number of benzene rings is 1. The van der Waals surface area contributed by atoms with Gasteiger partial charge >= 0.3 is 0 Å². The van der Waals surface area contributed by atoms with Gasteiger partial charge in [0.15, 0.2) is 0 Å². The summed E-state index contributed by atoms with van der Waals surface area (Å²) >= 11 is 0. The number of aromatic nitrogens is 1. The highest BCUT2D eigenvalue weighted by atomic mass is 16.5. The number of pyridine rings is 1. The Hall–Kier alpha value is -2.88. The maximum Gasteiger partial charge on any atom is 0.244 e. The first-order valence-corrected chi connectivity index (χ1v) is 11.8. The molecule has 0 bridgehead atoms. The molecule has 0 saturated heterocycles. The second-order valence-electron chi connectivity index (χ2n) is 8.25. The van der Waals surface area contributed by atoms with Gasteiger partial charge in [0.2, 0.25) is 5.91 Å². The van der Waals surface area contributed by atoms with E-state index in [1.807, 2.05) is 36.7 Å². The van der Waals surface area contributed by atoms with Crippen LogP contribution in [-0.4, -0.2) is 24.0 Å². The Morgan fingerprint density at radius 3 is 2.62 bits per heavy atom. The van der Waals surface area contributed by atoms with Crippen molar-refractivity contribution < 1.29 is 9.53 Å². The van der Waals surface area contributed by atoms with Crippen molar-refractivity contribution in [3.63, 3.8) is 0 Å². The highest BCUT2D eigenvalue weighted by Crippen LogP contribution is 2.23. The fourth-order valence-corrected chi connectivity index (χ4v) is 3.61. The van der Waals surface area contributed by atoms with Crippen molar-refractivity contribution in [2.75, 3.05) is 7.11 Å². The second kappa shape index (κ2) is 15.0. The molecule has 172 valence electrons. The first-order valence-electron chi connectivity index (χ1n) is 11.8. The predicted octanol–water partition coefficient (Wildman–Crippen LogP) is 6.53. The van der Waals surface area contributed by atoms with Crippen LogP contribution >= 0.6 is 0 Å². The lowest BCUT2D eigenvalue weighted by Gasteiger charge is -2.12. The zero-order valence-corrected chi connectivity index (χ0v) is 19.8. The third-order valence-electron chi connectivity index (χ3n) is 5.52. The van der Waals surface area contributed by atoms with Gasteiger partial charge < -0.3 is 10.1 Å². The number of rotatable bonds is 14. The van der Waals surface area contributed by atoms with Gasteiger partial charge in [0.1, 0.15) is 5.75 Å². The van der Waals surface area contributed by atoms with E-state index in [0.29, 0.717) is 0 Å². The van der Waals surface area contributed by atoms with Crippen LogP contribution in [0.25, 0.3) is 5.57 Å². The molecule has 0 aliphatic heterocycles. The Kier molecular flexibility index (Phi) is 11.9. The van der Waals surface area contributed by atoms with Crippen LogP contribution in [0, 0.1) is 0 Å². The van der Waals surface area contributed by atoms with Crippen molar-refractivity contribution in [3.05, 3.63) is 78.1 Å². The van der Waals surface area contributed by atoms with E-state index in [1.165, 1.54) is 16.7 Å². The number of ether oxygens (including phenoxy) is 1. The lowest BCUT2D eigenvalue weighted by atomic mass is 9.99. The number of unbranched alkanes of at least 4 members (excludes halogenated alkanes) is 3. The summed E-state index contributed by atoms with van der Waals surface area (Å²) in [6.45, 7) is 4.27. The molecule has 1 aromatic heterocycles. The van der Waals surface area contributed by atoms with Gasteiger partial charge in [-0.2, -0.15) is 0 Å². The molecule has 1 amide bonds. The molecule has 2 aromatic rings. The first-order chi connectivity index (χ1) is 15.6. The molecule has 2 rings (SSSR count). The van der Waals surface area contributed by atoms with E-state index in [4.69, 9.17) is 4.74 Å². The number of nitrogens with one attached hydrogen (secondary N) is 1.